The van der Waals surface area contributed by atoms with Gasteiger partial charge in [-0.1, -0.05) is 0 Å². The quantitative estimate of drug-likeness (QED) is 0.829. The highest BCUT2D eigenvalue weighted by molar-refractivity contribution is 7.15. The van der Waals surface area contributed by atoms with E-state index in [2.05, 4.69) is 0 Å². The Bertz CT molecular complexity index is 378. The molecule has 1 amide bonds. The fraction of sp³-hybridized carbons (Fsp3) is 0.250. The molecule has 15 heavy (non-hydrogen) atoms. The highest BCUT2D eigenvalue weighted by Gasteiger charge is 2.13. The monoisotopic (exact) mass is 235 g/mol. The molecule has 1 aromatic rings. The number of hydrogen-bond acceptors (Lipinski definition) is 3. The summed E-state index contributed by atoms with van der Waals surface area (Å²) in [4.78, 5) is 21.7. The van der Waals surface area contributed by atoms with Gasteiger partial charge in [0.2, 0.25) is 0 Å². The second-order valence-corrected chi connectivity index (χ2v) is 3.65. The summed E-state index contributed by atoms with van der Waals surface area (Å²) in [5.41, 5.74) is 0. The van der Waals surface area contributed by atoms with Crippen molar-refractivity contribution in [3.05, 3.63) is 21.9 Å². The zero-order chi connectivity index (χ0) is 11.4. The third-order valence-electron chi connectivity index (χ3n) is 1.46. The highest BCUT2D eigenvalue weighted by Crippen LogP contribution is 2.16. The van der Waals surface area contributed by atoms with Crippen molar-refractivity contribution in [3.8, 4) is 0 Å². The van der Waals surface area contributed by atoms with Crippen molar-refractivity contribution in [3.63, 3.8) is 0 Å². The van der Waals surface area contributed by atoms with Crippen LogP contribution in [0.3, 0.4) is 0 Å². The van der Waals surface area contributed by atoms with Crippen LogP contribution in [0.25, 0.3) is 0 Å². The summed E-state index contributed by atoms with van der Waals surface area (Å²) in [5.74, 6) is -1.83. The Morgan fingerprint density at radius 2 is 2.00 bits per heavy atom. The molecular weight excluding hydrogens is 228 g/mol. The molecule has 1 aromatic heterocycles. The Morgan fingerprint density at radius 3 is 2.47 bits per heavy atom. The van der Waals surface area contributed by atoms with Gasteiger partial charge in [-0.05, 0) is 12.1 Å². The summed E-state index contributed by atoms with van der Waals surface area (Å²) in [6, 6.07) is 2.54. The maximum absolute atomic E-state index is 11.7. The molecule has 0 aliphatic heterocycles. The average Bonchev–Trinajstić information content (AvgIpc) is 2.62. The number of carboxylic acid groups (broad SMARTS) is 1. The van der Waals surface area contributed by atoms with Gasteiger partial charge in [0, 0.05) is 0 Å². The van der Waals surface area contributed by atoms with Gasteiger partial charge in [0.15, 0.2) is 0 Å². The first-order chi connectivity index (χ1) is 7.00. The van der Waals surface area contributed by atoms with E-state index in [-0.39, 0.29) is 9.75 Å². The van der Waals surface area contributed by atoms with E-state index >= 15 is 0 Å². The molecular formula is C8H7F2NO3S. The Morgan fingerprint density at radius 1 is 1.40 bits per heavy atom. The van der Waals surface area contributed by atoms with E-state index in [1.807, 2.05) is 5.32 Å². The molecule has 82 valence electrons. The predicted molar refractivity (Wildman–Crippen MR) is 49.6 cm³/mol. The Hall–Kier alpha value is -1.50. The molecule has 4 nitrogen and oxygen atoms in total. The average molecular weight is 235 g/mol. The van der Waals surface area contributed by atoms with Gasteiger partial charge in [0.05, 0.1) is 11.4 Å². The normalized spacial score (nSPS) is 10.3. The van der Waals surface area contributed by atoms with Crippen LogP contribution >= 0.6 is 11.3 Å². The molecule has 0 saturated heterocycles. The van der Waals surface area contributed by atoms with Crippen molar-refractivity contribution in [2.75, 3.05) is 6.54 Å². The van der Waals surface area contributed by atoms with Crippen molar-refractivity contribution in [1.29, 1.82) is 0 Å². The van der Waals surface area contributed by atoms with E-state index in [4.69, 9.17) is 5.11 Å². The minimum absolute atomic E-state index is 0.00260. The molecule has 0 fully saturated rings. The van der Waals surface area contributed by atoms with Gasteiger partial charge >= 0.3 is 5.97 Å². The SMILES string of the molecule is O=C(O)c1ccc(C(=O)NCC(F)F)s1. The minimum atomic E-state index is -2.62. The minimum Gasteiger partial charge on any atom is -0.477 e. The fourth-order valence-corrected chi connectivity index (χ4v) is 1.59. The van der Waals surface area contributed by atoms with Crippen molar-refractivity contribution < 1.29 is 23.5 Å². The molecule has 0 aliphatic carbocycles. The highest BCUT2D eigenvalue weighted by atomic mass is 32.1. The number of amides is 1. The van der Waals surface area contributed by atoms with Crippen LogP contribution in [0.2, 0.25) is 0 Å². The van der Waals surface area contributed by atoms with Crippen LogP contribution in [0.4, 0.5) is 8.78 Å². The molecule has 0 spiro atoms. The van der Waals surface area contributed by atoms with Gasteiger partial charge in [-0.25, -0.2) is 13.6 Å². The van der Waals surface area contributed by atoms with Crippen LogP contribution in [-0.2, 0) is 0 Å². The first-order valence-electron chi connectivity index (χ1n) is 3.90. The van der Waals surface area contributed by atoms with E-state index in [9.17, 15) is 18.4 Å². The van der Waals surface area contributed by atoms with Crippen LogP contribution in [0.1, 0.15) is 19.3 Å². The summed E-state index contributed by atoms with van der Waals surface area (Å²) in [6.45, 7) is -0.737. The first kappa shape index (κ1) is 11.6. The Balaban J connectivity index is 2.62. The van der Waals surface area contributed by atoms with Crippen LogP contribution in [-0.4, -0.2) is 30.0 Å². The number of halogens is 2. The zero-order valence-corrected chi connectivity index (χ0v) is 8.18. The molecule has 1 rings (SSSR count). The molecule has 1 heterocycles. The molecule has 0 bridgehead atoms. The molecule has 0 aliphatic rings. The van der Waals surface area contributed by atoms with Gasteiger partial charge < -0.3 is 10.4 Å². The molecule has 7 heteroatoms. The van der Waals surface area contributed by atoms with Gasteiger partial charge in [-0.3, -0.25) is 4.79 Å². The smallest absolute Gasteiger partial charge is 0.345 e. The fourth-order valence-electron chi connectivity index (χ4n) is 0.832. The number of thiophene rings is 1. The van der Waals surface area contributed by atoms with E-state index in [0.717, 1.165) is 11.3 Å². The van der Waals surface area contributed by atoms with E-state index in [1.54, 1.807) is 0 Å². The van der Waals surface area contributed by atoms with Crippen LogP contribution in [0, 0.1) is 0 Å². The van der Waals surface area contributed by atoms with Crippen molar-refractivity contribution in [1.82, 2.24) is 5.32 Å². The summed E-state index contributed by atoms with van der Waals surface area (Å²) < 4.78 is 23.5. The molecule has 0 atom stereocenters. The Labute approximate surface area is 87.5 Å². The molecule has 2 N–H and O–H groups in total. The number of alkyl halides is 2. The lowest BCUT2D eigenvalue weighted by Crippen LogP contribution is -2.27. The summed E-state index contributed by atoms with van der Waals surface area (Å²) in [7, 11) is 0. The lowest BCUT2D eigenvalue weighted by Gasteiger charge is -2.00. The number of carbonyl (C=O) groups excluding carboxylic acids is 1. The van der Waals surface area contributed by atoms with Crippen LogP contribution in [0.5, 0.6) is 0 Å². The van der Waals surface area contributed by atoms with Gasteiger partial charge in [0.1, 0.15) is 4.88 Å². The standard InChI is InChI=1S/C8H7F2NO3S/c9-6(10)3-11-7(12)4-1-2-5(15-4)8(13)14/h1-2,6H,3H2,(H,11,12)(H,13,14). The first-order valence-corrected chi connectivity index (χ1v) is 4.72. The molecule has 0 aromatic carbocycles. The third-order valence-corrected chi connectivity index (χ3v) is 2.53. The van der Waals surface area contributed by atoms with E-state index in [1.165, 1.54) is 12.1 Å². The maximum Gasteiger partial charge on any atom is 0.345 e. The number of rotatable bonds is 4. The predicted octanol–water partition coefficient (Wildman–Crippen LogP) is 1.44. The lowest BCUT2D eigenvalue weighted by molar-refractivity contribution is 0.0702. The van der Waals surface area contributed by atoms with Gasteiger partial charge in [0.25, 0.3) is 12.3 Å². The van der Waals surface area contributed by atoms with E-state index in [0.29, 0.717) is 0 Å². The maximum atomic E-state index is 11.7. The lowest BCUT2D eigenvalue weighted by atomic mass is 10.4. The zero-order valence-electron chi connectivity index (χ0n) is 7.37. The third kappa shape index (κ3) is 3.28. The van der Waals surface area contributed by atoms with Gasteiger partial charge in [-0.2, -0.15) is 0 Å². The second kappa shape index (κ2) is 4.83. The summed E-state index contributed by atoms with van der Waals surface area (Å²) in [5, 5.41) is 10.5. The molecule has 0 saturated carbocycles. The summed E-state index contributed by atoms with van der Waals surface area (Å²) >= 11 is 0.744. The molecule has 0 radical (unpaired) electrons. The summed E-state index contributed by atoms with van der Waals surface area (Å²) in [6.07, 6.45) is -2.62. The van der Waals surface area contributed by atoms with Crippen LogP contribution in [0.15, 0.2) is 12.1 Å². The topological polar surface area (TPSA) is 66.4 Å². The van der Waals surface area contributed by atoms with Crippen LogP contribution < -0.4 is 5.32 Å². The Kier molecular flexibility index (Phi) is 3.73. The van der Waals surface area contributed by atoms with Gasteiger partial charge in [-0.15, -0.1) is 11.3 Å². The number of hydrogen-bond donors (Lipinski definition) is 2. The number of nitrogens with one attached hydrogen (secondary N) is 1. The van der Waals surface area contributed by atoms with Crippen molar-refractivity contribution in [2.24, 2.45) is 0 Å². The van der Waals surface area contributed by atoms with Crippen molar-refractivity contribution in [2.45, 2.75) is 6.43 Å². The van der Waals surface area contributed by atoms with E-state index < -0.39 is 24.8 Å². The number of carboxylic acids is 1. The largest absolute Gasteiger partial charge is 0.477 e. The number of carbonyl (C=O) groups is 2. The number of aromatic carboxylic acids is 1. The second-order valence-electron chi connectivity index (χ2n) is 2.57. The van der Waals surface area contributed by atoms with Crippen molar-refractivity contribution >= 4 is 23.2 Å². The molecule has 0 unspecified atom stereocenters.